The van der Waals surface area contributed by atoms with Gasteiger partial charge in [-0.3, -0.25) is 0 Å². The van der Waals surface area contributed by atoms with Crippen molar-refractivity contribution in [2.45, 2.75) is 13.5 Å². The SMILES string of the molecule is COc1cc2c(Nc3ccc4[nH]c(C)cc4c3)ncnc2cc1OCc1ccccc1. The normalized spacial score (nSPS) is 11.0. The summed E-state index contributed by atoms with van der Waals surface area (Å²) < 4.78 is 11.6. The number of hydrogen-bond donors (Lipinski definition) is 2. The first-order chi connectivity index (χ1) is 15.2. The van der Waals surface area contributed by atoms with E-state index in [1.807, 2.05) is 48.5 Å². The van der Waals surface area contributed by atoms with Crippen molar-refractivity contribution in [1.82, 2.24) is 15.0 Å². The molecule has 0 radical (unpaired) electrons. The summed E-state index contributed by atoms with van der Waals surface area (Å²) in [6.07, 6.45) is 1.55. The van der Waals surface area contributed by atoms with Gasteiger partial charge in [0.2, 0.25) is 0 Å². The monoisotopic (exact) mass is 410 g/mol. The lowest BCUT2D eigenvalue weighted by Crippen LogP contribution is -2.00. The zero-order valence-electron chi connectivity index (χ0n) is 17.3. The van der Waals surface area contributed by atoms with E-state index in [1.54, 1.807) is 13.4 Å². The molecule has 0 atom stereocenters. The van der Waals surface area contributed by atoms with E-state index in [9.17, 15) is 0 Å². The average Bonchev–Trinajstić information content (AvgIpc) is 3.17. The lowest BCUT2D eigenvalue weighted by atomic mass is 10.2. The van der Waals surface area contributed by atoms with Gasteiger partial charge in [0.25, 0.3) is 0 Å². The molecule has 154 valence electrons. The smallest absolute Gasteiger partial charge is 0.163 e. The molecule has 0 unspecified atom stereocenters. The van der Waals surface area contributed by atoms with Crippen LogP contribution in [0.3, 0.4) is 0 Å². The van der Waals surface area contributed by atoms with Crippen LogP contribution < -0.4 is 14.8 Å². The summed E-state index contributed by atoms with van der Waals surface area (Å²) in [6.45, 7) is 2.50. The summed E-state index contributed by atoms with van der Waals surface area (Å²) in [5.74, 6) is 2.00. The van der Waals surface area contributed by atoms with Gasteiger partial charge < -0.3 is 19.8 Å². The molecular weight excluding hydrogens is 388 g/mol. The molecule has 0 amide bonds. The summed E-state index contributed by atoms with van der Waals surface area (Å²) in [6, 6.07) is 22.1. The number of methoxy groups -OCH3 is 1. The van der Waals surface area contributed by atoms with Gasteiger partial charge in [-0.1, -0.05) is 30.3 Å². The Labute approximate surface area is 179 Å². The Morgan fingerprint density at radius 1 is 0.935 bits per heavy atom. The second-order valence-corrected chi connectivity index (χ2v) is 7.40. The first kappa shape index (κ1) is 18.9. The molecule has 3 aromatic carbocycles. The van der Waals surface area contributed by atoms with Crippen LogP contribution in [0.4, 0.5) is 11.5 Å². The fraction of sp³-hybridized carbons (Fsp3) is 0.120. The third-order valence-electron chi connectivity index (χ3n) is 5.18. The van der Waals surface area contributed by atoms with Crippen LogP contribution in [0.25, 0.3) is 21.8 Å². The number of rotatable bonds is 6. The fourth-order valence-corrected chi connectivity index (χ4v) is 3.66. The topological polar surface area (TPSA) is 72.1 Å². The Bertz CT molecular complexity index is 1360. The summed E-state index contributed by atoms with van der Waals surface area (Å²) in [7, 11) is 1.63. The number of ether oxygens (including phenoxy) is 2. The van der Waals surface area contributed by atoms with Gasteiger partial charge in [0, 0.05) is 33.7 Å². The van der Waals surface area contributed by atoms with Crippen LogP contribution in [0.2, 0.25) is 0 Å². The molecule has 2 N–H and O–H groups in total. The fourth-order valence-electron chi connectivity index (χ4n) is 3.66. The molecule has 6 heteroatoms. The van der Waals surface area contributed by atoms with Gasteiger partial charge in [0.1, 0.15) is 18.8 Å². The second kappa shape index (κ2) is 7.99. The maximum absolute atomic E-state index is 6.02. The first-order valence-corrected chi connectivity index (χ1v) is 10.1. The lowest BCUT2D eigenvalue weighted by Gasteiger charge is -2.14. The molecule has 5 aromatic rings. The van der Waals surface area contributed by atoms with E-state index in [2.05, 4.69) is 45.4 Å². The predicted molar refractivity (Wildman–Crippen MR) is 123 cm³/mol. The Kier molecular flexibility index (Phi) is 4.88. The minimum atomic E-state index is 0.453. The third kappa shape index (κ3) is 3.88. The molecule has 2 heterocycles. The van der Waals surface area contributed by atoms with Crippen LogP contribution in [0.15, 0.2) is 73.1 Å². The minimum Gasteiger partial charge on any atom is -0.493 e. The number of aryl methyl sites for hydroxylation is 1. The van der Waals surface area contributed by atoms with E-state index >= 15 is 0 Å². The standard InChI is InChI=1S/C25H22N4O2/c1-16-10-18-11-19(8-9-21(18)28-16)29-25-20-12-23(30-2)24(13-22(20)26-15-27-25)31-14-17-6-4-3-5-7-17/h3-13,15,28H,14H2,1-2H3,(H,26,27,29). The lowest BCUT2D eigenvalue weighted by molar-refractivity contribution is 0.285. The highest BCUT2D eigenvalue weighted by atomic mass is 16.5. The third-order valence-corrected chi connectivity index (χ3v) is 5.18. The molecule has 6 nitrogen and oxygen atoms in total. The van der Waals surface area contributed by atoms with Gasteiger partial charge in [0.15, 0.2) is 11.5 Å². The van der Waals surface area contributed by atoms with E-state index in [0.717, 1.165) is 38.8 Å². The van der Waals surface area contributed by atoms with Crippen molar-refractivity contribution in [2.75, 3.05) is 12.4 Å². The van der Waals surface area contributed by atoms with Gasteiger partial charge in [-0.05, 0) is 42.8 Å². The van der Waals surface area contributed by atoms with E-state index in [0.29, 0.717) is 23.9 Å². The van der Waals surface area contributed by atoms with Gasteiger partial charge >= 0.3 is 0 Å². The predicted octanol–water partition coefficient (Wildman–Crippen LogP) is 5.75. The maximum Gasteiger partial charge on any atom is 0.163 e. The zero-order valence-corrected chi connectivity index (χ0v) is 17.3. The number of nitrogens with one attached hydrogen (secondary N) is 2. The summed E-state index contributed by atoms with van der Waals surface area (Å²) >= 11 is 0. The number of anilines is 2. The molecule has 0 aliphatic heterocycles. The first-order valence-electron chi connectivity index (χ1n) is 10.1. The largest absolute Gasteiger partial charge is 0.493 e. The highest BCUT2D eigenvalue weighted by molar-refractivity contribution is 5.94. The molecule has 0 bridgehead atoms. The van der Waals surface area contributed by atoms with Crippen LogP contribution in [-0.4, -0.2) is 22.1 Å². The molecule has 0 saturated heterocycles. The number of nitrogens with zero attached hydrogens (tertiary/aromatic N) is 2. The van der Waals surface area contributed by atoms with Crippen molar-refractivity contribution in [3.8, 4) is 11.5 Å². The molecule has 5 rings (SSSR count). The molecular formula is C25H22N4O2. The highest BCUT2D eigenvalue weighted by Gasteiger charge is 2.12. The maximum atomic E-state index is 6.02. The molecule has 0 saturated carbocycles. The van der Waals surface area contributed by atoms with Crippen LogP contribution in [0.5, 0.6) is 11.5 Å². The van der Waals surface area contributed by atoms with E-state index in [1.165, 1.54) is 0 Å². The zero-order chi connectivity index (χ0) is 21.2. The van der Waals surface area contributed by atoms with Crippen molar-refractivity contribution < 1.29 is 9.47 Å². The Morgan fingerprint density at radius 2 is 1.81 bits per heavy atom. The summed E-state index contributed by atoms with van der Waals surface area (Å²) in [4.78, 5) is 12.2. The molecule has 0 aliphatic carbocycles. The number of aromatic amines is 1. The molecule has 0 fully saturated rings. The molecule has 31 heavy (non-hydrogen) atoms. The van der Waals surface area contributed by atoms with Crippen molar-refractivity contribution in [3.63, 3.8) is 0 Å². The average molecular weight is 410 g/mol. The molecule has 0 spiro atoms. The number of benzene rings is 3. The summed E-state index contributed by atoms with van der Waals surface area (Å²) in [5, 5.41) is 5.42. The van der Waals surface area contributed by atoms with E-state index < -0.39 is 0 Å². The van der Waals surface area contributed by atoms with Crippen LogP contribution in [-0.2, 0) is 6.61 Å². The minimum absolute atomic E-state index is 0.453. The summed E-state index contributed by atoms with van der Waals surface area (Å²) in [5.41, 5.74) is 5.06. The van der Waals surface area contributed by atoms with E-state index in [-0.39, 0.29) is 0 Å². The molecule has 0 aliphatic rings. The Hall–Kier alpha value is -4.06. The van der Waals surface area contributed by atoms with Crippen LogP contribution >= 0.6 is 0 Å². The number of hydrogen-bond acceptors (Lipinski definition) is 5. The highest BCUT2D eigenvalue weighted by Crippen LogP contribution is 2.35. The number of fused-ring (bicyclic) bond motifs is 2. The van der Waals surface area contributed by atoms with E-state index in [4.69, 9.17) is 9.47 Å². The van der Waals surface area contributed by atoms with Crippen LogP contribution in [0, 0.1) is 6.92 Å². The van der Waals surface area contributed by atoms with Gasteiger partial charge in [-0.15, -0.1) is 0 Å². The quantitative estimate of drug-likeness (QED) is 0.373. The molecule has 2 aromatic heterocycles. The van der Waals surface area contributed by atoms with Gasteiger partial charge in [0.05, 0.1) is 12.6 Å². The Morgan fingerprint density at radius 3 is 2.65 bits per heavy atom. The Balaban J connectivity index is 1.47. The number of H-pyrrole nitrogens is 1. The second-order valence-electron chi connectivity index (χ2n) is 7.40. The van der Waals surface area contributed by atoms with Crippen LogP contribution in [0.1, 0.15) is 11.3 Å². The van der Waals surface area contributed by atoms with Crippen molar-refractivity contribution in [3.05, 3.63) is 84.3 Å². The van der Waals surface area contributed by atoms with Gasteiger partial charge in [-0.25, -0.2) is 9.97 Å². The van der Waals surface area contributed by atoms with Gasteiger partial charge in [-0.2, -0.15) is 0 Å². The van der Waals surface area contributed by atoms with Crippen molar-refractivity contribution in [1.29, 1.82) is 0 Å². The van der Waals surface area contributed by atoms with Crippen molar-refractivity contribution >= 4 is 33.3 Å². The number of aromatic nitrogens is 3. The van der Waals surface area contributed by atoms with Crippen molar-refractivity contribution in [2.24, 2.45) is 0 Å².